The Kier molecular flexibility index (Phi) is 6.62. The van der Waals surface area contributed by atoms with Gasteiger partial charge in [0.2, 0.25) is 5.91 Å². The van der Waals surface area contributed by atoms with Crippen molar-refractivity contribution >= 4 is 36.4 Å². The molecule has 1 aliphatic rings. The van der Waals surface area contributed by atoms with Gasteiger partial charge in [-0.1, -0.05) is 6.07 Å². The lowest BCUT2D eigenvalue weighted by atomic mass is 10.2. The first kappa shape index (κ1) is 18.7. The van der Waals surface area contributed by atoms with Gasteiger partial charge < -0.3 is 20.1 Å². The van der Waals surface area contributed by atoms with Crippen LogP contribution in [0.15, 0.2) is 24.5 Å². The van der Waals surface area contributed by atoms with Crippen LogP contribution in [0.2, 0.25) is 0 Å². The number of hydrogen-bond donors (Lipinski definition) is 3. The summed E-state index contributed by atoms with van der Waals surface area (Å²) in [6, 6.07) is 3.67. The van der Waals surface area contributed by atoms with E-state index in [9.17, 15) is 9.90 Å². The van der Waals surface area contributed by atoms with E-state index < -0.39 is 6.10 Å². The van der Waals surface area contributed by atoms with Crippen molar-refractivity contribution in [2.24, 2.45) is 0 Å². The number of nitrogens with one attached hydrogen (secondary N) is 2. The fourth-order valence-electron chi connectivity index (χ4n) is 2.51. The zero-order chi connectivity index (χ0) is 14.1. The van der Waals surface area contributed by atoms with Gasteiger partial charge in [0.1, 0.15) is 5.65 Å². The molecule has 6 nitrogen and oxygen atoms in total. The van der Waals surface area contributed by atoms with Crippen LogP contribution in [0.25, 0.3) is 5.65 Å². The summed E-state index contributed by atoms with van der Waals surface area (Å²) in [5.74, 6) is -0.0877. The molecule has 0 spiro atoms. The van der Waals surface area contributed by atoms with Gasteiger partial charge in [0, 0.05) is 18.9 Å². The van der Waals surface area contributed by atoms with Crippen LogP contribution < -0.4 is 10.6 Å². The van der Waals surface area contributed by atoms with Gasteiger partial charge in [0.15, 0.2) is 0 Å². The second-order valence-electron chi connectivity index (χ2n) is 5.22. The maximum atomic E-state index is 11.9. The van der Waals surface area contributed by atoms with Gasteiger partial charge in [0.05, 0.1) is 24.4 Å². The third-order valence-corrected chi connectivity index (χ3v) is 3.60. The number of halogens is 2. The molecule has 122 valence electrons. The lowest BCUT2D eigenvalue weighted by Crippen LogP contribution is -2.40. The van der Waals surface area contributed by atoms with E-state index in [4.69, 9.17) is 0 Å². The van der Waals surface area contributed by atoms with Crippen molar-refractivity contribution in [3.8, 4) is 0 Å². The fraction of sp³-hybridized carbons (Fsp3) is 0.429. The molecule has 1 aliphatic heterocycles. The van der Waals surface area contributed by atoms with Gasteiger partial charge in [-0.05, 0) is 25.0 Å². The minimum absolute atomic E-state index is 0. The highest BCUT2D eigenvalue weighted by Crippen LogP contribution is 2.10. The summed E-state index contributed by atoms with van der Waals surface area (Å²) in [4.78, 5) is 16.4. The zero-order valence-corrected chi connectivity index (χ0v) is 13.8. The Balaban J connectivity index is 0.00000121. The second kappa shape index (κ2) is 7.78. The predicted octanol–water partition coefficient (Wildman–Crippen LogP) is 0.825. The number of aryl methyl sites for hydroxylation is 1. The number of aliphatic hydroxyl groups is 1. The minimum Gasteiger partial charge on any atom is -0.392 e. The molecule has 3 N–H and O–H groups in total. The lowest BCUT2D eigenvalue weighted by Gasteiger charge is -2.09. The molecule has 22 heavy (non-hydrogen) atoms. The van der Waals surface area contributed by atoms with Crippen LogP contribution in [-0.2, 0) is 11.3 Å². The van der Waals surface area contributed by atoms with Crippen LogP contribution in [-0.4, -0.2) is 39.1 Å². The molecule has 0 aliphatic carbocycles. The first-order chi connectivity index (χ1) is 9.63. The number of imidazole rings is 1. The van der Waals surface area contributed by atoms with E-state index in [0.717, 1.165) is 16.9 Å². The standard InChI is InChI=1S/C14H18N4O2.2ClH/c1-9-3-2-4-18-8-10(17-13(9)18)6-16-14(20)12-5-11(19)7-15-12;;/h2-4,8,11-12,15,19H,5-7H2,1H3,(H,16,20);2*1H. The maximum absolute atomic E-state index is 11.9. The molecule has 2 unspecified atom stereocenters. The quantitative estimate of drug-likeness (QED) is 0.768. The average molecular weight is 347 g/mol. The van der Waals surface area contributed by atoms with Crippen molar-refractivity contribution < 1.29 is 9.90 Å². The molecular weight excluding hydrogens is 327 g/mol. The summed E-state index contributed by atoms with van der Waals surface area (Å²) < 4.78 is 1.95. The highest BCUT2D eigenvalue weighted by Gasteiger charge is 2.27. The molecule has 1 amide bonds. The van der Waals surface area contributed by atoms with Gasteiger partial charge in [-0.15, -0.1) is 24.8 Å². The van der Waals surface area contributed by atoms with Gasteiger partial charge in [-0.25, -0.2) is 4.98 Å². The molecule has 0 bridgehead atoms. The SMILES string of the molecule is Cc1cccn2cc(CNC(=O)C3CC(O)CN3)nc12.Cl.Cl. The summed E-state index contributed by atoms with van der Waals surface area (Å²) >= 11 is 0. The Morgan fingerprint density at radius 2 is 2.32 bits per heavy atom. The molecule has 2 atom stereocenters. The Morgan fingerprint density at radius 3 is 2.95 bits per heavy atom. The van der Waals surface area contributed by atoms with Crippen molar-refractivity contribution in [1.29, 1.82) is 0 Å². The van der Waals surface area contributed by atoms with Crippen LogP contribution in [0.3, 0.4) is 0 Å². The Labute approximate surface area is 141 Å². The molecule has 1 fully saturated rings. The van der Waals surface area contributed by atoms with Gasteiger partial charge >= 0.3 is 0 Å². The van der Waals surface area contributed by atoms with Crippen molar-refractivity contribution in [1.82, 2.24) is 20.0 Å². The van der Waals surface area contributed by atoms with E-state index in [0.29, 0.717) is 19.5 Å². The number of carbonyl (C=O) groups is 1. The van der Waals surface area contributed by atoms with Gasteiger partial charge in [-0.2, -0.15) is 0 Å². The summed E-state index contributed by atoms with van der Waals surface area (Å²) in [7, 11) is 0. The van der Waals surface area contributed by atoms with E-state index in [1.807, 2.05) is 35.9 Å². The molecule has 8 heteroatoms. The van der Waals surface area contributed by atoms with Crippen molar-refractivity contribution in [3.63, 3.8) is 0 Å². The highest BCUT2D eigenvalue weighted by molar-refractivity contribution is 5.85. The smallest absolute Gasteiger partial charge is 0.237 e. The van der Waals surface area contributed by atoms with Crippen LogP contribution in [0.1, 0.15) is 17.7 Å². The van der Waals surface area contributed by atoms with E-state index in [1.165, 1.54) is 0 Å². The Morgan fingerprint density at radius 1 is 1.55 bits per heavy atom. The predicted molar refractivity (Wildman–Crippen MR) is 88.7 cm³/mol. The minimum atomic E-state index is -0.427. The second-order valence-corrected chi connectivity index (χ2v) is 5.22. The number of aromatic nitrogens is 2. The van der Waals surface area contributed by atoms with Crippen LogP contribution in [0.5, 0.6) is 0 Å². The normalized spacial score (nSPS) is 20.3. The number of rotatable bonds is 3. The lowest BCUT2D eigenvalue weighted by molar-refractivity contribution is -0.123. The number of hydrogen-bond acceptors (Lipinski definition) is 4. The van der Waals surface area contributed by atoms with Crippen molar-refractivity contribution in [2.75, 3.05) is 6.54 Å². The Bertz CT molecular complexity index is 647. The average Bonchev–Trinajstić information content (AvgIpc) is 3.03. The summed E-state index contributed by atoms with van der Waals surface area (Å²) in [6.07, 6.45) is 3.90. The van der Waals surface area contributed by atoms with Crippen molar-refractivity contribution in [3.05, 3.63) is 35.8 Å². The van der Waals surface area contributed by atoms with E-state index >= 15 is 0 Å². The number of nitrogens with zero attached hydrogens (tertiary/aromatic N) is 2. The van der Waals surface area contributed by atoms with E-state index in [2.05, 4.69) is 15.6 Å². The Hall–Kier alpha value is -1.34. The molecule has 0 radical (unpaired) electrons. The highest BCUT2D eigenvalue weighted by atomic mass is 35.5. The first-order valence-electron chi connectivity index (χ1n) is 6.76. The number of aliphatic hydroxyl groups excluding tert-OH is 1. The summed E-state index contributed by atoms with van der Waals surface area (Å²) in [5.41, 5.74) is 2.84. The molecule has 3 heterocycles. The molecule has 3 rings (SSSR count). The largest absolute Gasteiger partial charge is 0.392 e. The van der Waals surface area contributed by atoms with Gasteiger partial charge in [-0.3, -0.25) is 4.79 Å². The summed E-state index contributed by atoms with van der Waals surface area (Å²) in [5, 5.41) is 15.2. The monoisotopic (exact) mass is 346 g/mol. The van der Waals surface area contributed by atoms with Crippen LogP contribution in [0.4, 0.5) is 0 Å². The first-order valence-corrected chi connectivity index (χ1v) is 6.76. The number of carbonyl (C=O) groups excluding carboxylic acids is 1. The number of fused-ring (bicyclic) bond motifs is 1. The van der Waals surface area contributed by atoms with Gasteiger partial charge in [0.25, 0.3) is 0 Å². The summed E-state index contributed by atoms with van der Waals surface area (Å²) in [6.45, 7) is 2.88. The van der Waals surface area contributed by atoms with E-state index in [1.54, 1.807) is 0 Å². The number of amides is 1. The number of β-amino-alcohol motifs (C(OH)–C–C–N with tert-alkyl or cyclic N) is 1. The molecule has 1 saturated heterocycles. The van der Waals surface area contributed by atoms with Crippen LogP contribution >= 0.6 is 24.8 Å². The third kappa shape index (κ3) is 3.89. The topological polar surface area (TPSA) is 78.7 Å². The third-order valence-electron chi connectivity index (χ3n) is 3.60. The molecular formula is C14H20Cl2N4O2. The zero-order valence-electron chi connectivity index (χ0n) is 12.2. The molecule has 0 aromatic carbocycles. The van der Waals surface area contributed by atoms with Crippen molar-refractivity contribution in [2.45, 2.75) is 32.0 Å². The maximum Gasteiger partial charge on any atom is 0.237 e. The van der Waals surface area contributed by atoms with E-state index in [-0.39, 0.29) is 36.8 Å². The molecule has 0 saturated carbocycles. The molecule has 2 aromatic rings. The molecule has 2 aromatic heterocycles. The fourth-order valence-corrected chi connectivity index (χ4v) is 2.51. The van der Waals surface area contributed by atoms with Crippen LogP contribution in [0, 0.1) is 6.92 Å². The number of pyridine rings is 1.